The number of carbonyl (C=O) groups excluding carboxylic acids is 1. The molecule has 0 aliphatic rings. The van der Waals surface area contributed by atoms with E-state index < -0.39 is 10.0 Å². The van der Waals surface area contributed by atoms with Crippen LogP contribution in [0.15, 0.2) is 88.2 Å². The molecule has 3 rings (SSSR count). The van der Waals surface area contributed by atoms with Crippen LogP contribution < -0.4 is 5.32 Å². The molecule has 1 N–H and O–H groups in total. The van der Waals surface area contributed by atoms with Crippen LogP contribution in [0.5, 0.6) is 0 Å². The fourth-order valence-corrected chi connectivity index (χ4v) is 5.16. The first-order chi connectivity index (χ1) is 15.3. The van der Waals surface area contributed by atoms with Gasteiger partial charge < -0.3 is 5.32 Å². The molecule has 0 radical (unpaired) electrons. The molecule has 0 fully saturated rings. The van der Waals surface area contributed by atoms with Crippen molar-refractivity contribution in [3.63, 3.8) is 0 Å². The Morgan fingerprint density at radius 2 is 1.69 bits per heavy atom. The fraction of sp³-hybridized carbons (Fsp3) is 0.240. The zero-order valence-corrected chi connectivity index (χ0v) is 20.6. The van der Waals surface area contributed by atoms with Gasteiger partial charge in [0.25, 0.3) is 0 Å². The van der Waals surface area contributed by atoms with E-state index in [0.29, 0.717) is 6.42 Å². The number of amides is 1. The molecule has 0 saturated heterocycles. The number of aryl methyl sites for hydroxylation is 1. The Hall–Kier alpha value is -2.48. The lowest BCUT2D eigenvalue weighted by atomic mass is 10.1. The highest BCUT2D eigenvalue weighted by atomic mass is 79.9. The van der Waals surface area contributed by atoms with E-state index in [1.807, 2.05) is 68.4 Å². The summed E-state index contributed by atoms with van der Waals surface area (Å²) in [5.74, 6) is -0.346. The van der Waals surface area contributed by atoms with Crippen LogP contribution in [0.3, 0.4) is 0 Å². The highest BCUT2D eigenvalue weighted by Crippen LogP contribution is 2.19. The van der Waals surface area contributed by atoms with Crippen LogP contribution in [-0.4, -0.2) is 31.7 Å². The van der Waals surface area contributed by atoms with Crippen molar-refractivity contribution < 1.29 is 13.2 Å². The van der Waals surface area contributed by atoms with Gasteiger partial charge in [-0.2, -0.15) is 4.31 Å². The summed E-state index contributed by atoms with van der Waals surface area (Å²) in [6.07, 6.45) is 0.514. The van der Waals surface area contributed by atoms with Crippen molar-refractivity contribution in [1.29, 1.82) is 0 Å². The maximum Gasteiger partial charge on any atom is 0.243 e. The number of nitrogens with one attached hydrogen (secondary N) is 1. The Kier molecular flexibility index (Phi) is 8.23. The van der Waals surface area contributed by atoms with Crippen LogP contribution in [0, 0.1) is 6.92 Å². The van der Waals surface area contributed by atoms with Gasteiger partial charge in [0.1, 0.15) is 0 Å². The van der Waals surface area contributed by atoms with Crippen molar-refractivity contribution >= 4 is 31.9 Å². The van der Waals surface area contributed by atoms with E-state index in [9.17, 15) is 13.2 Å². The SMILES string of the molecule is Cc1ccc(S(=O)(=O)N(CCc2ccccc2)CC(=O)N[C@@H](C)c2cccc(Br)c2)cc1. The van der Waals surface area contributed by atoms with E-state index in [1.54, 1.807) is 24.3 Å². The van der Waals surface area contributed by atoms with Gasteiger partial charge in [-0.25, -0.2) is 8.42 Å². The monoisotopic (exact) mass is 514 g/mol. The maximum absolute atomic E-state index is 13.3. The smallest absolute Gasteiger partial charge is 0.243 e. The average Bonchev–Trinajstić information content (AvgIpc) is 2.77. The van der Waals surface area contributed by atoms with Crippen molar-refractivity contribution in [3.8, 4) is 0 Å². The van der Waals surface area contributed by atoms with E-state index in [0.717, 1.165) is 21.2 Å². The first-order valence-electron chi connectivity index (χ1n) is 10.4. The van der Waals surface area contributed by atoms with Gasteiger partial charge >= 0.3 is 0 Å². The summed E-state index contributed by atoms with van der Waals surface area (Å²) in [5.41, 5.74) is 2.92. The summed E-state index contributed by atoms with van der Waals surface area (Å²) < 4.78 is 28.9. The van der Waals surface area contributed by atoms with Crippen molar-refractivity contribution in [1.82, 2.24) is 9.62 Å². The number of nitrogens with zero attached hydrogens (tertiary/aromatic N) is 1. The van der Waals surface area contributed by atoms with E-state index in [1.165, 1.54) is 4.31 Å². The lowest BCUT2D eigenvalue weighted by molar-refractivity contribution is -0.121. The second-order valence-corrected chi connectivity index (χ2v) is 10.6. The summed E-state index contributed by atoms with van der Waals surface area (Å²) in [6.45, 7) is 3.74. The van der Waals surface area contributed by atoms with E-state index in [-0.39, 0.29) is 29.9 Å². The van der Waals surface area contributed by atoms with Crippen LogP contribution in [0.2, 0.25) is 0 Å². The molecule has 1 amide bonds. The highest BCUT2D eigenvalue weighted by molar-refractivity contribution is 9.10. The zero-order valence-electron chi connectivity index (χ0n) is 18.2. The Morgan fingerprint density at radius 1 is 1.00 bits per heavy atom. The summed E-state index contributed by atoms with van der Waals surface area (Å²) >= 11 is 3.44. The summed E-state index contributed by atoms with van der Waals surface area (Å²) in [7, 11) is -3.83. The van der Waals surface area contributed by atoms with Crippen LogP contribution >= 0.6 is 15.9 Å². The van der Waals surface area contributed by atoms with E-state index >= 15 is 0 Å². The standard InChI is InChI=1S/C25H27BrN2O3S/c1-19-11-13-24(14-12-19)32(30,31)28(16-15-21-7-4-3-5-8-21)18-25(29)27-20(2)22-9-6-10-23(26)17-22/h3-14,17,20H,15-16,18H2,1-2H3,(H,27,29)/t20-/m0/s1. The van der Waals surface area contributed by atoms with Crippen molar-refractivity contribution in [3.05, 3.63) is 100 Å². The first-order valence-corrected chi connectivity index (χ1v) is 12.6. The predicted molar refractivity (Wildman–Crippen MR) is 131 cm³/mol. The predicted octanol–water partition coefficient (Wildman–Crippen LogP) is 4.87. The summed E-state index contributed by atoms with van der Waals surface area (Å²) in [4.78, 5) is 13.0. The van der Waals surface area contributed by atoms with Gasteiger partial charge in [-0.1, -0.05) is 76.1 Å². The van der Waals surface area contributed by atoms with Crippen LogP contribution in [0.1, 0.15) is 29.7 Å². The maximum atomic E-state index is 13.3. The third kappa shape index (κ3) is 6.51. The van der Waals surface area contributed by atoms with Crippen molar-refractivity contribution in [2.45, 2.75) is 31.2 Å². The molecule has 0 saturated carbocycles. The Balaban J connectivity index is 1.78. The van der Waals surface area contributed by atoms with Gasteiger partial charge in [-0.3, -0.25) is 4.79 Å². The van der Waals surface area contributed by atoms with Gasteiger partial charge in [-0.15, -0.1) is 0 Å². The summed E-state index contributed by atoms with van der Waals surface area (Å²) in [5, 5.41) is 2.92. The van der Waals surface area contributed by atoms with Crippen LogP contribution in [0.25, 0.3) is 0 Å². The van der Waals surface area contributed by atoms with Gasteiger partial charge in [0, 0.05) is 11.0 Å². The van der Waals surface area contributed by atoms with E-state index in [2.05, 4.69) is 21.2 Å². The minimum atomic E-state index is -3.83. The number of sulfonamides is 1. The van der Waals surface area contributed by atoms with Crippen molar-refractivity contribution in [2.75, 3.05) is 13.1 Å². The minimum Gasteiger partial charge on any atom is -0.348 e. The molecule has 5 nitrogen and oxygen atoms in total. The Morgan fingerprint density at radius 3 is 2.34 bits per heavy atom. The van der Waals surface area contributed by atoms with Crippen LogP contribution in [-0.2, 0) is 21.2 Å². The van der Waals surface area contributed by atoms with Gasteiger partial charge in [-0.05, 0) is 55.7 Å². The molecular weight excluding hydrogens is 488 g/mol. The quantitative estimate of drug-likeness (QED) is 0.442. The lowest BCUT2D eigenvalue weighted by Gasteiger charge is -2.23. The first kappa shape index (κ1) is 24.2. The molecule has 0 spiro atoms. The summed E-state index contributed by atoms with van der Waals surface area (Å²) in [6, 6.07) is 23.8. The molecule has 1 atom stereocenters. The van der Waals surface area contributed by atoms with Crippen LogP contribution in [0.4, 0.5) is 0 Å². The molecule has 0 unspecified atom stereocenters. The normalized spacial score (nSPS) is 12.5. The topological polar surface area (TPSA) is 66.5 Å². The second-order valence-electron chi connectivity index (χ2n) is 7.73. The average molecular weight is 515 g/mol. The molecule has 32 heavy (non-hydrogen) atoms. The lowest BCUT2D eigenvalue weighted by Crippen LogP contribution is -2.42. The van der Waals surface area contributed by atoms with Gasteiger partial charge in [0.15, 0.2) is 0 Å². The molecule has 0 bridgehead atoms. The molecule has 3 aromatic rings. The minimum absolute atomic E-state index is 0.184. The molecule has 0 aliphatic heterocycles. The molecule has 3 aromatic carbocycles. The molecule has 0 aliphatic carbocycles. The second kappa shape index (κ2) is 10.9. The van der Waals surface area contributed by atoms with E-state index in [4.69, 9.17) is 0 Å². The Bertz CT molecular complexity index is 1150. The largest absolute Gasteiger partial charge is 0.348 e. The van der Waals surface area contributed by atoms with Crippen molar-refractivity contribution in [2.24, 2.45) is 0 Å². The third-order valence-electron chi connectivity index (χ3n) is 5.20. The molecule has 0 heterocycles. The van der Waals surface area contributed by atoms with Gasteiger partial charge in [0.05, 0.1) is 17.5 Å². The molecule has 168 valence electrons. The number of carbonyl (C=O) groups is 1. The molecular formula is C25H27BrN2O3S. The number of rotatable bonds is 9. The highest BCUT2D eigenvalue weighted by Gasteiger charge is 2.27. The number of hydrogen-bond donors (Lipinski definition) is 1. The molecule has 0 aromatic heterocycles. The number of hydrogen-bond acceptors (Lipinski definition) is 3. The number of benzene rings is 3. The third-order valence-corrected chi connectivity index (χ3v) is 7.55. The molecule has 7 heteroatoms. The van der Waals surface area contributed by atoms with Gasteiger partial charge in [0.2, 0.25) is 15.9 Å². The fourth-order valence-electron chi connectivity index (χ4n) is 3.35. The zero-order chi connectivity index (χ0) is 23.1. The number of halogens is 1. The Labute approximate surface area is 198 Å².